The molecule has 0 saturated heterocycles. The maximum absolute atomic E-state index is 5.75. The lowest BCUT2D eigenvalue weighted by atomic mass is 10.1. The molecule has 2 heterocycles. The molecule has 2 aromatic heterocycles. The van der Waals surface area contributed by atoms with Crippen molar-refractivity contribution in [3.8, 4) is 0 Å². The Bertz CT molecular complexity index is 636. The van der Waals surface area contributed by atoms with Gasteiger partial charge in [-0.25, -0.2) is 5.43 Å². The van der Waals surface area contributed by atoms with Gasteiger partial charge in [-0.1, -0.05) is 18.2 Å². The van der Waals surface area contributed by atoms with E-state index in [4.69, 9.17) is 5.84 Å². The van der Waals surface area contributed by atoms with Crippen LogP contribution in [0.3, 0.4) is 0 Å². The summed E-state index contributed by atoms with van der Waals surface area (Å²) in [5, 5.41) is 3.40. The van der Waals surface area contributed by atoms with Gasteiger partial charge in [0.05, 0.1) is 6.04 Å². The number of thiophene rings is 2. The lowest BCUT2D eigenvalue weighted by Crippen LogP contribution is -2.28. The molecule has 0 saturated carbocycles. The number of aryl methyl sites for hydroxylation is 1. The number of hydrogen-bond donors (Lipinski definition) is 2. The van der Waals surface area contributed by atoms with Gasteiger partial charge in [0.25, 0.3) is 0 Å². The number of hydrogen-bond acceptors (Lipinski definition) is 4. The summed E-state index contributed by atoms with van der Waals surface area (Å²) in [6.07, 6.45) is 0. The molecule has 1 unspecified atom stereocenters. The largest absolute Gasteiger partial charge is 0.271 e. The average molecular weight is 274 g/mol. The SMILES string of the molecule is Cc1sccc1C(NN)c1cc2ccccc2s1. The topological polar surface area (TPSA) is 38.0 Å². The van der Waals surface area contributed by atoms with Crippen LogP contribution in [0.4, 0.5) is 0 Å². The Hall–Kier alpha value is -1.20. The van der Waals surface area contributed by atoms with Crippen LogP contribution in [-0.4, -0.2) is 0 Å². The zero-order valence-electron chi connectivity index (χ0n) is 10.0. The smallest absolute Gasteiger partial charge is 0.0813 e. The Morgan fingerprint density at radius 3 is 2.72 bits per heavy atom. The lowest BCUT2D eigenvalue weighted by molar-refractivity contribution is 0.646. The van der Waals surface area contributed by atoms with Gasteiger partial charge in [0.15, 0.2) is 0 Å². The Balaban J connectivity index is 2.09. The summed E-state index contributed by atoms with van der Waals surface area (Å²) in [7, 11) is 0. The molecule has 0 bridgehead atoms. The molecule has 92 valence electrons. The van der Waals surface area contributed by atoms with E-state index in [0.29, 0.717) is 0 Å². The highest BCUT2D eigenvalue weighted by Gasteiger charge is 2.17. The van der Waals surface area contributed by atoms with Gasteiger partial charge in [0, 0.05) is 14.5 Å². The van der Waals surface area contributed by atoms with Gasteiger partial charge < -0.3 is 0 Å². The third-order valence-electron chi connectivity index (χ3n) is 3.11. The number of hydrazine groups is 1. The fourth-order valence-corrected chi connectivity index (χ4v) is 4.05. The maximum atomic E-state index is 5.75. The summed E-state index contributed by atoms with van der Waals surface area (Å²) in [6, 6.07) is 12.9. The van der Waals surface area contributed by atoms with Gasteiger partial charge in [0.2, 0.25) is 0 Å². The second kappa shape index (κ2) is 4.82. The van der Waals surface area contributed by atoms with E-state index >= 15 is 0 Å². The molecule has 0 amide bonds. The van der Waals surface area contributed by atoms with Crippen LogP contribution >= 0.6 is 22.7 Å². The molecule has 1 atom stereocenters. The third kappa shape index (κ3) is 1.97. The quantitative estimate of drug-likeness (QED) is 0.563. The number of benzene rings is 1. The van der Waals surface area contributed by atoms with Crippen molar-refractivity contribution >= 4 is 32.8 Å². The van der Waals surface area contributed by atoms with E-state index < -0.39 is 0 Å². The van der Waals surface area contributed by atoms with Crippen LogP contribution in [0.25, 0.3) is 10.1 Å². The standard InChI is InChI=1S/C14H14N2S2/c1-9-11(6-7-17-9)14(16-15)13-8-10-4-2-3-5-12(10)18-13/h2-8,14,16H,15H2,1H3. The molecule has 3 N–H and O–H groups in total. The molecule has 0 fully saturated rings. The van der Waals surface area contributed by atoms with Crippen molar-refractivity contribution in [1.82, 2.24) is 5.43 Å². The van der Waals surface area contributed by atoms with Gasteiger partial charge in [-0.15, -0.1) is 22.7 Å². The normalized spacial score (nSPS) is 13.0. The van der Waals surface area contributed by atoms with Crippen molar-refractivity contribution in [2.75, 3.05) is 0 Å². The van der Waals surface area contributed by atoms with Crippen molar-refractivity contribution in [1.29, 1.82) is 0 Å². The second-order valence-electron chi connectivity index (χ2n) is 4.22. The first kappa shape index (κ1) is 11.9. The van der Waals surface area contributed by atoms with Crippen molar-refractivity contribution in [2.24, 2.45) is 5.84 Å². The van der Waals surface area contributed by atoms with Crippen LogP contribution in [0.15, 0.2) is 41.8 Å². The highest BCUT2D eigenvalue weighted by atomic mass is 32.1. The molecule has 1 aromatic carbocycles. The summed E-state index contributed by atoms with van der Waals surface area (Å²) >= 11 is 3.56. The minimum Gasteiger partial charge on any atom is -0.271 e. The highest BCUT2D eigenvalue weighted by molar-refractivity contribution is 7.19. The van der Waals surface area contributed by atoms with Crippen LogP contribution in [0.2, 0.25) is 0 Å². The number of fused-ring (bicyclic) bond motifs is 1. The Kier molecular flexibility index (Phi) is 3.18. The van der Waals surface area contributed by atoms with Gasteiger partial charge in [-0.3, -0.25) is 5.84 Å². The molecular formula is C14H14N2S2. The third-order valence-corrected chi connectivity index (χ3v) is 5.15. The van der Waals surface area contributed by atoms with E-state index in [9.17, 15) is 0 Å². The lowest BCUT2D eigenvalue weighted by Gasteiger charge is -2.13. The first-order valence-electron chi connectivity index (χ1n) is 5.78. The van der Waals surface area contributed by atoms with E-state index in [-0.39, 0.29) is 6.04 Å². The summed E-state index contributed by atoms with van der Waals surface area (Å²) in [5.74, 6) is 5.75. The summed E-state index contributed by atoms with van der Waals surface area (Å²) in [4.78, 5) is 2.58. The van der Waals surface area contributed by atoms with E-state index in [1.54, 1.807) is 22.7 Å². The summed E-state index contributed by atoms with van der Waals surface area (Å²) < 4.78 is 1.31. The molecule has 0 aliphatic rings. The van der Waals surface area contributed by atoms with Gasteiger partial charge in [-0.05, 0) is 41.5 Å². The molecule has 18 heavy (non-hydrogen) atoms. The predicted molar refractivity (Wildman–Crippen MR) is 80.0 cm³/mol. The van der Waals surface area contributed by atoms with Crippen LogP contribution in [0, 0.1) is 6.92 Å². The van der Waals surface area contributed by atoms with Crippen molar-refractivity contribution in [2.45, 2.75) is 13.0 Å². The van der Waals surface area contributed by atoms with Gasteiger partial charge >= 0.3 is 0 Å². The number of nitrogens with one attached hydrogen (secondary N) is 1. The molecule has 2 nitrogen and oxygen atoms in total. The molecule has 3 rings (SSSR count). The van der Waals surface area contributed by atoms with Gasteiger partial charge in [0.1, 0.15) is 0 Å². The fourth-order valence-electron chi connectivity index (χ4n) is 2.16. The van der Waals surface area contributed by atoms with Crippen molar-refractivity contribution in [3.63, 3.8) is 0 Å². The van der Waals surface area contributed by atoms with Crippen LogP contribution < -0.4 is 11.3 Å². The first-order chi connectivity index (χ1) is 8.79. The van der Waals surface area contributed by atoms with Crippen LogP contribution in [-0.2, 0) is 0 Å². The Morgan fingerprint density at radius 2 is 2.06 bits per heavy atom. The zero-order chi connectivity index (χ0) is 12.5. The molecule has 0 aliphatic carbocycles. The minimum atomic E-state index is 0.0913. The number of nitrogens with two attached hydrogens (primary N) is 1. The predicted octanol–water partition coefficient (Wildman–Crippen LogP) is 3.82. The first-order valence-corrected chi connectivity index (χ1v) is 7.48. The highest BCUT2D eigenvalue weighted by Crippen LogP contribution is 2.34. The van der Waals surface area contributed by atoms with Crippen molar-refractivity contribution < 1.29 is 0 Å². The molecule has 0 spiro atoms. The molecular weight excluding hydrogens is 260 g/mol. The second-order valence-corrected chi connectivity index (χ2v) is 6.45. The zero-order valence-corrected chi connectivity index (χ0v) is 11.6. The summed E-state index contributed by atoms with van der Waals surface area (Å²) in [6.45, 7) is 2.14. The van der Waals surface area contributed by atoms with E-state index in [2.05, 4.69) is 54.1 Å². The van der Waals surface area contributed by atoms with E-state index in [0.717, 1.165) is 0 Å². The molecule has 3 aromatic rings. The molecule has 4 heteroatoms. The monoisotopic (exact) mass is 274 g/mol. The number of rotatable bonds is 3. The maximum Gasteiger partial charge on any atom is 0.0813 e. The fraction of sp³-hybridized carbons (Fsp3) is 0.143. The Morgan fingerprint density at radius 1 is 1.22 bits per heavy atom. The van der Waals surface area contributed by atoms with Crippen molar-refractivity contribution in [3.05, 3.63) is 57.1 Å². The van der Waals surface area contributed by atoms with E-state index in [1.165, 1.54) is 25.4 Å². The van der Waals surface area contributed by atoms with Crippen LogP contribution in [0.1, 0.15) is 21.4 Å². The molecule has 0 radical (unpaired) electrons. The van der Waals surface area contributed by atoms with E-state index in [1.807, 2.05) is 0 Å². The summed E-state index contributed by atoms with van der Waals surface area (Å²) in [5.41, 5.74) is 4.21. The van der Waals surface area contributed by atoms with Crippen LogP contribution in [0.5, 0.6) is 0 Å². The van der Waals surface area contributed by atoms with Gasteiger partial charge in [-0.2, -0.15) is 0 Å². The molecule has 0 aliphatic heterocycles. The average Bonchev–Trinajstić information content (AvgIpc) is 2.97. The minimum absolute atomic E-state index is 0.0913. The Labute approximate surface area is 114 Å².